The first-order valence-electron chi connectivity index (χ1n) is 9.03. The molecular formula is C19H25NO3. The predicted octanol–water partition coefficient (Wildman–Crippen LogP) is 3.70. The maximum absolute atomic E-state index is 13.0. The fraction of sp³-hybridized carbons (Fsp3) is 0.632. The minimum absolute atomic E-state index is 0.154. The van der Waals surface area contributed by atoms with Crippen molar-refractivity contribution in [2.75, 3.05) is 19.8 Å². The van der Waals surface area contributed by atoms with Gasteiger partial charge in [0.05, 0.1) is 6.04 Å². The highest BCUT2D eigenvalue weighted by molar-refractivity contribution is 5.80. The van der Waals surface area contributed by atoms with Crippen LogP contribution in [0, 0.1) is 5.92 Å². The van der Waals surface area contributed by atoms with Crippen LogP contribution in [0.1, 0.15) is 56.6 Å². The summed E-state index contributed by atoms with van der Waals surface area (Å²) in [6, 6.07) is 6.23. The number of carbonyl (C=O) groups excluding carboxylic acids is 1. The van der Waals surface area contributed by atoms with Crippen molar-refractivity contribution >= 4 is 5.91 Å². The molecule has 2 aliphatic heterocycles. The SMILES string of the molecule is O=C(C1CCCCC1)N1CCC[C@@H]1c1cccc2c1OCCO2. The molecule has 0 unspecified atom stereocenters. The molecule has 0 N–H and O–H groups in total. The molecule has 0 aromatic heterocycles. The number of likely N-dealkylation sites (tertiary alicyclic amines) is 1. The lowest BCUT2D eigenvalue weighted by Gasteiger charge is -2.32. The normalized spacial score (nSPS) is 24.7. The number of rotatable bonds is 2. The Balaban J connectivity index is 1.59. The average Bonchev–Trinajstić information content (AvgIpc) is 3.11. The number of nitrogens with zero attached hydrogens (tertiary/aromatic N) is 1. The molecule has 1 aromatic rings. The lowest BCUT2D eigenvalue weighted by molar-refractivity contribution is -0.137. The van der Waals surface area contributed by atoms with Gasteiger partial charge in [-0.25, -0.2) is 0 Å². The van der Waals surface area contributed by atoms with E-state index < -0.39 is 0 Å². The molecule has 4 heteroatoms. The molecule has 1 saturated heterocycles. The van der Waals surface area contributed by atoms with Crippen LogP contribution in [0.15, 0.2) is 18.2 Å². The van der Waals surface area contributed by atoms with Crippen molar-refractivity contribution in [3.63, 3.8) is 0 Å². The molecule has 2 fully saturated rings. The Bertz CT molecular complexity index is 580. The van der Waals surface area contributed by atoms with Gasteiger partial charge in [-0.1, -0.05) is 31.4 Å². The molecule has 3 aliphatic rings. The van der Waals surface area contributed by atoms with Crippen molar-refractivity contribution in [1.82, 2.24) is 4.90 Å². The molecule has 1 atom stereocenters. The maximum Gasteiger partial charge on any atom is 0.226 e. The quantitative estimate of drug-likeness (QED) is 0.835. The van der Waals surface area contributed by atoms with Crippen LogP contribution < -0.4 is 9.47 Å². The minimum atomic E-state index is 0.154. The third-order valence-corrected chi connectivity index (χ3v) is 5.45. The van der Waals surface area contributed by atoms with Crippen LogP contribution >= 0.6 is 0 Å². The average molecular weight is 315 g/mol. The summed E-state index contributed by atoms with van der Waals surface area (Å²) in [6.07, 6.45) is 7.92. The Labute approximate surface area is 137 Å². The van der Waals surface area contributed by atoms with Crippen LogP contribution in [0.25, 0.3) is 0 Å². The molecular weight excluding hydrogens is 290 g/mol. The highest BCUT2D eigenvalue weighted by Crippen LogP contribution is 2.43. The smallest absolute Gasteiger partial charge is 0.226 e. The van der Waals surface area contributed by atoms with E-state index in [1.165, 1.54) is 19.3 Å². The van der Waals surface area contributed by atoms with Gasteiger partial charge in [0.2, 0.25) is 5.91 Å². The van der Waals surface area contributed by atoms with Crippen molar-refractivity contribution in [1.29, 1.82) is 0 Å². The maximum atomic E-state index is 13.0. The Morgan fingerprint density at radius 3 is 2.70 bits per heavy atom. The Hall–Kier alpha value is -1.71. The topological polar surface area (TPSA) is 38.8 Å². The van der Waals surface area contributed by atoms with Gasteiger partial charge in [0.15, 0.2) is 11.5 Å². The largest absolute Gasteiger partial charge is 0.486 e. The first kappa shape index (κ1) is 14.9. The summed E-state index contributed by atoms with van der Waals surface area (Å²) >= 11 is 0. The first-order chi connectivity index (χ1) is 11.3. The number of hydrogen-bond acceptors (Lipinski definition) is 3. The van der Waals surface area contributed by atoms with Gasteiger partial charge in [0.1, 0.15) is 13.2 Å². The molecule has 2 heterocycles. The summed E-state index contributed by atoms with van der Waals surface area (Å²) in [5, 5.41) is 0. The summed E-state index contributed by atoms with van der Waals surface area (Å²) in [7, 11) is 0. The van der Waals surface area contributed by atoms with E-state index in [1.807, 2.05) is 12.1 Å². The van der Waals surface area contributed by atoms with Gasteiger partial charge in [-0.05, 0) is 31.7 Å². The third kappa shape index (κ3) is 2.79. The van der Waals surface area contributed by atoms with E-state index in [0.29, 0.717) is 19.1 Å². The Morgan fingerprint density at radius 2 is 1.83 bits per heavy atom. The molecule has 1 amide bonds. The molecule has 4 nitrogen and oxygen atoms in total. The van der Waals surface area contributed by atoms with Gasteiger partial charge in [-0.3, -0.25) is 4.79 Å². The lowest BCUT2D eigenvalue weighted by atomic mass is 9.88. The third-order valence-electron chi connectivity index (χ3n) is 5.45. The minimum Gasteiger partial charge on any atom is -0.486 e. The number of carbonyl (C=O) groups is 1. The molecule has 0 spiro atoms. The fourth-order valence-electron chi connectivity index (χ4n) is 4.30. The molecule has 23 heavy (non-hydrogen) atoms. The number of fused-ring (bicyclic) bond motifs is 1. The molecule has 124 valence electrons. The second-order valence-electron chi connectivity index (χ2n) is 6.90. The molecule has 0 bridgehead atoms. The highest BCUT2D eigenvalue weighted by atomic mass is 16.6. The highest BCUT2D eigenvalue weighted by Gasteiger charge is 2.36. The number of para-hydroxylation sites is 1. The Kier molecular flexibility index (Phi) is 4.15. The van der Waals surface area contributed by atoms with Crippen LogP contribution in [-0.2, 0) is 4.79 Å². The molecule has 1 saturated carbocycles. The van der Waals surface area contributed by atoms with Gasteiger partial charge >= 0.3 is 0 Å². The second-order valence-corrected chi connectivity index (χ2v) is 6.90. The van der Waals surface area contributed by atoms with Crippen molar-refractivity contribution in [3.8, 4) is 11.5 Å². The van der Waals surface area contributed by atoms with E-state index in [-0.39, 0.29) is 12.0 Å². The van der Waals surface area contributed by atoms with Crippen molar-refractivity contribution in [2.45, 2.75) is 51.0 Å². The zero-order valence-corrected chi connectivity index (χ0v) is 13.6. The van der Waals surface area contributed by atoms with Gasteiger partial charge in [-0.15, -0.1) is 0 Å². The summed E-state index contributed by atoms with van der Waals surface area (Å²) < 4.78 is 11.6. The summed E-state index contributed by atoms with van der Waals surface area (Å²) in [6.45, 7) is 2.07. The van der Waals surface area contributed by atoms with Gasteiger partial charge in [0.25, 0.3) is 0 Å². The molecule has 4 rings (SSSR count). The van der Waals surface area contributed by atoms with Crippen molar-refractivity contribution in [2.24, 2.45) is 5.92 Å². The van der Waals surface area contributed by atoms with Gasteiger partial charge < -0.3 is 14.4 Å². The van der Waals surface area contributed by atoms with E-state index in [1.54, 1.807) is 0 Å². The number of ether oxygens (including phenoxy) is 2. The van der Waals surface area contributed by atoms with Gasteiger partial charge in [0, 0.05) is 18.0 Å². The first-order valence-corrected chi connectivity index (χ1v) is 9.03. The number of amides is 1. The van der Waals surface area contributed by atoms with E-state index in [4.69, 9.17) is 9.47 Å². The second kappa shape index (κ2) is 6.42. The van der Waals surface area contributed by atoms with Crippen molar-refractivity contribution in [3.05, 3.63) is 23.8 Å². The van der Waals surface area contributed by atoms with Crippen LogP contribution in [0.4, 0.5) is 0 Å². The van der Waals surface area contributed by atoms with E-state index in [9.17, 15) is 4.79 Å². The zero-order chi connectivity index (χ0) is 15.6. The van der Waals surface area contributed by atoms with Crippen LogP contribution in [0.2, 0.25) is 0 Å². The zero-order valence-electron chi connectivity index (χ0n) is 13.6. The van der Waals surface area contributed by atoms with Crippen LogP contribution in [0.5, 0.6) is 11.5 Å². The summed E-state index contributed by atoms with van der Waals surface area (Å²) in [5.74, 6) is 2.28. The number of benzene rings is 1. The van der Waals surface area contributed by atoms with Gasteiger partial charge in [-0.2, -0.15) is 0 Å². The standard InChI is InChI=1S/C19H25NO3/c21-19(14-6-2-1-3-7-14)20-11-5-9-16(20)15-8-4-10-17-18(15)23-13-12-22-17/h4,8,10,14,16H,1-3,5-7,9,11-13H2/t16-/m1/s1. The van der Waals surface area contributed by atoms with Crippen LogP contribution in [0.3, 0.4) is 0 Å². The van der Waals surface area contributed by atoms with Crippen LogP contribution in [-0.4, -0.2) is 30.6 Å². The summed E-state index contributed by atoms with van der Waals surface area (Å²) in [5.41, 5.74) is 1.13. The summed E-state index contributed by atoms with van der Waals surface area (Å²) in [4.78, 5) is 15.1. The molecule has 0 radical (unpaired) electrons. The predicted molar refractivity (Wildman–Crippen MR) is 87.7 cm³/mol. The van der Waals surface area contributed by atoms with Crippen molar-refractivity contribution < 1.29 is 14.3 Å². The van der Waals surface area contributed by atoms with E-state index in [0.717, 1.165) is 49.3 Å². The lowest BCUT2D eigenvalue weighted by Crippen LogP contribution is -2.36. The monoisotopic (exact) mass is 315 g/mol. The molecule has 1 aromatic carbocycles. The van der Waals surface area contributed by atoms with E-state index in [2.05, 4.69) is 11.0 Å². The number of hydrogen-bond donors (Lipinski definition) is 0. The fourth-order valence-corrected chi connectivity index (χ4v) is 4.30. The molecule has 1 aliphatic carbocycles. The van der Waals surface area contributed by atoms with E-state index >= 15 is 0 Å². The Morgan fingerprint density at radius 1 is 1.00 bits per heavy atom.